The smallest absolute Gasteiger partial charge is 0.170 e. The van der Waals surface area contributed by atoms with Crippen molar-refractivity contribution in [2.24, 2.45) is 0 Å². The highest BCUT2D eigenvalue weighted by Crippen LogP contribution is 2.28. The second-order valence-electron chi connectivity index (χ2n) is 8.00. The molecule has 2 aromatic rings. The zero-order valence-corrected chi connectivity index (χ0v) is 21.2. The largest absolute Gasteiger partial charge is 0.296 e. The molecule has 0 aliphatic rings. The average molecular weight is 505 g/mol. The molecule has 0 bridgehead atoms. The molecular weight excluding hydrogens is 470 g/mol. The lowest BCUT2D eigenvalue weighted by atomic mass is 10.1. The molecule has 31 heavy (non-hydrogen) atoms. The number of thiazole rings is 1. The van der Waals surface area contributed by atoms with Crippen LogP contribution in [0, 0.1) is 11.3 Å². The van der Waals surface area contributed by atoms with Crippen molar-refractivity contribution in [2.45, 2.75) is 71.1 Å². The van der Waals surface area contributed by atoms with Crippen LogP contribution < -0.4 is 0 Å². The predicted molar refractivity (Wildman–Crippen MR) is 133 cm³/mol. The first kappa shape index (κ1) is 25.7. The van der Waals surface area contributed by atoms with Crippen LogP contribution in [-0.2, 0) is 4.79 Å². The number of unbranched alkanes of at least 4 members (excludes halogenated alkanes) is 6. The van der Waals surface area contributed by atoms with Gasteiger partial charge in [0.2, 0.25) is 0 Å². The summed E-state index contributed by atoms with van der Waals surface area (Å²) in [6.45, 7) is 6.61. The third-order valence-corrected chi connectivity index (χ3v) is 6.83. The average Bonchev–Trinajstić information content (AvgIpc) is 3.24. The zero-order chi connectivity index (χ0) is 22.5. The minimum Gasteiger partial charge on any atom is -0.296 e. The summed E-state index contributed by atoms with van der Waals surface area (Å²) in [5.74, 6) is -0.826. The lowest BCUT2D eigenvalue weighted by Crippen LogP contribution is -2.34. The standard InChI is InChI=1S/C25H34BrN3OS/c1-3-5-7-9-15-29(16-10-8-6-4-2)18-24(30)22(17-27)25-28-23(19-31-25)20-11-13-21(26)14-12-20/h11-14,19,22H,3-10,15-16,18H2,1-2H3/t22-/m0/s1. The minimum absolute atomic E-state index is 0.0369. The van der Waals surface area contributed by atoms with Gasteiger partial charge in [-0.3, -0.25) is 9.69 Å². The molecule has 1 atom stereocenters. The van der Waals surface area contributed by atoms with Crippen LogP contribution in [-0.4, -0.2) is 35.3 Å². The van der Waals surface area contributed by atoms with Crippen LogP contribution in [0.4, 0.5) is 0 Å². The molecule has 0 aliphatic heterocycles. The number of benzene rings is 1. The van der Waals surface area contributed by atoms with Crippen LogP contribution in [0.3, 0.4) is 0 Å². The van der Waals surface area contributed by atoms with E-state index in [4.69, 9.17) is 0 Å². The Morgan fingerprint density at radius 1 is 1.06 bits per heavy atom. The number of nitrogens with zero attached hydrogens (tertiary/aromatic N) is 3. The molecule has 0 radical (unpaired) electrons. The van der Waals surface area contributed by atoms with Crippen molar-refractivity contribution in [2.75, 3.05) is 19.6 Å². The first-order chi connectivity index (χ1) is 15.1. The van der Waals surface area contributed by atoms with Gasteiger partial charge in [-0.15, -0.1) is 11.3 Å². The van der Waals surface area contributed by atoms with E-state index in [1.165, 1.54) is 49.9 Å². The van der Waals surface area contributed by atoms with Crippen molar-refractivity contribution in [3.8, 4) is 17.3 Å². The maximum absolute atomic E-state index is 13.0. The van der Waals surface area contributed by atoms with Gasteiger partial charge in [0.15, 0.2) is 11.7 Å². The Labute approximate surface area is 199 Å². The number of hydrogen-bond acceptors (Lipinski definition) is 5. The molecule has 1 aromatic carbocycles. The van der Waals surface area contributed by atoms with Gasteiger partial charge in [0.25, 0.3) is 0 Å². The van der Waals surface area contributed by atoms with E-state index in [1.54, 1.807) is 0 Å². The molecule has 0 spiro atoms. The number of Topliss-reactive ketones (excluding diaryl/α,β-unsaturated/α-hetero) is 1. The van der Waals surface area contributed by atoms with Crippen molar-refractivity contribution in [3.63, 3.8) is 0 Å². The molecular formula is C25H34BrN3OS. The Hall–Kier alpha value is -1.55. The first-order valence-electron chi connectivity index (χ1n) is 11.4. The molecule has 0 saturated heterocycles. The zero-order valence-electron chi connectivity index (χ0n) is 18.8. The van der Waals surface area contributed by atoms with Crippen LogP contribution in [0.15, 0.2) is 34.1 Å². The molecule has 0 aliphatic carbocycles. The minimum atomic E-state index is -0.789. The summed E-state index contributed by atoms with van der Waals surface area (Å²) in [6.07, 6.45) is 9.48. The van der Waals surface area contributed by atoms with Gasteiger partial charge in [-0.1, -0.05) is 80.4 Å². The molecule has 6 heteroatoms. The maximum Gasteiger partial charge on any atom is 0.170 e. The molecule has 0 N–H and O–H groups in total. The van der Waals surface area contributed by atoms with E-state index in [1.807, 2.05) is 29.6 Å². The molecule has 0 saturated carbocycles. The van der Waals surface area contributed by atoms with E-state index < -0.39 is 5.92 Å². The van der Waals surface area contributed by atoms with E-state index in [2.05, 4.69) is 45.7 Å². The number of hydrogen-bond donors (Lipinski definition) is 0. The van der Waals surface area contributed by atoms with E-state index in [0.717, 1.165) is 41.7 Å². The summed E-state index contributed by atoms with van der Waals surface area (Å²) >= 11 is 4.84. The third kappa shape index (κ3) is 8.84. The fraction of sp³-hybridized carbons (Fsp3) is 0.560. The summed E-state index contributed by atoms with van der Waals surface area (Å²) in [7, 11) is 0. The second-order valence-corrected chi connectivity index (χ2v) is 9.81. The Morgan fingerprint density at radius 3 is 2.23 bits per heavy atom. The molecule has 1 heterocycles. The van der Waals surface area contributed by atoms with Gasteiger partial charge in [0.05, 0.1) is 18.3 Å². The Morgan fingerprint density at radius 2 is 1.68 bits per heavy atom. The monoisotopic (exact) mass is 503 g/mol. The van der Waals surface area contributed by atoms with Gasteiger partial charge in [-0.05, 0) is 38.1 Å². The molecule has 168 valence electrons. The lowest BCUT2D eigenvalue weighted by molar-refractivity contribution is -0.120. The van der Waals surface area contributed by atoms with Crippen molar-refractivity contribution in [1.82, 2.24) is 9.88 Å². The normalized spacial score (nSPS) is 12.1. The predicted octanol–water partition coefficient (Wildman–Crippen LogP) is 7.21. The van der Waals surface area contributed by atoms with Crippen LogP contribution in [0.2, 0.25) is 0 Å². The fourth-order valence-electron chi connectivity index (χ4n) is 3.54. The van der Waals surface area contributed by atoms with Gasteiger partial charge in [0.1, 0.15) is 5.01 Å². The van der Waals surface area contributed by atoms with Crippen molar-refractivity contribution >= 4 is 33.0 Å². The van der Waals surface area contributed by atoms with Crippen molar-refractivity contribution < 1.29 is 4.79 Å². The molecule has 4 nitrogen and oxygen atoms in total. The van der Waals surface area contributed by atoms with E-state index >= 15 is 0 Å². The summed E-state index contributed by atoms with van der Waals surface area (Å²) in [5.41, 5.74) is 1.81. The fourth-order valence-corrected chi connectivity index (χ4v) is 4.70. The van der Waals surface area contributed by atoms with Crippen LogP contribution in [0.25, 0.3) is 11.3 Å². The summed E-state index contributed by atoms with van der Waals surface area (Å²) in [5, 5.41) is 12.3. The van der Waals surface area contributed by atoms with Gasteiger partial charge in [-0.25, -0.2) is 4.98 Å². The number of carbonyl (C=O) groups excluding carboxylic acids is 1. The number of aromatic nitrogens is 1. The van der Waals surface area contributed by atoms with Gasteiger partial charge >= 0.3 is 0 Å². The summed E-state index contributed by atoms with van der Waals surface area (Å²) in [4.78, 5) is 19.9. The van der Waals surface area contributed by atoms with Gasteiger partial charge in [-0.2, -0.15) is 5.26 Å². The Balaban J connectivity index is 2.02. The first-order valence-corrected chi connectivity index (χ1v) is 13.1. The number of ketones is 1. The number of halogens is 1. The van der Waals surface area contributed by atoms with Gasteiger partial charge in [0, 0.05) is 15.4 Å². The highest BCUT2D eigenvalue weighted by atomic mass is 79.9. The summed E-state index contributed by atoms with van der Waals surface area (Å²) in [6, 6.07) is 10.1. The Kier molecular flexibility index (Phi) is 12.0. The van der Waals surface area contributed by atoms with E-state index in [-0.39, 0.29) is 5.78 Å². The molecule has 0 unspecified atom stereocenters. The van der Waals surface area contributed by atoms with Gasteiger partial charge < -0.3 is 0 Å². The van der Waals surface area contributed by atoms with Crippen molar-refractivity contribution in [3.05, 3.63) is 39.1 Å². The SMILES string of the molecule is CCCCCCN(CCCCCC)CC(=O)[C@H](C#N)c1nc(-c2ccc(Br)cc2)cs1. The molecule has 0 amide bonds. The second kappa shape index (κ2) is 14.5. The lowest BCUT2D eigenvalue weighted by Gasteiger charge is -2.22. The van der Waals surface area contributed by atoms with Crippen LogP contribution in [0.5, 0.6) is 0 Å². The molecule has 0 fully saturated rings. The maximum atomic E-state index is 13.0. The Bertz CT molecular complexity index is 816. The van der Waals surface area contributed by atoms with Crippen LogP contribution in [0.1, 0.15) is 76.1 Å². The van der Waals surface area contributed by atoms with Crippen LogP contribution >= 0.6 is 27.3 Å². The van der Waals surface area contributed by atoms with E-state index in [9.17, 15) is 10.1 Å². The topological polar surface area (TPSA) is 57.0 Å². The highest BCUT2D eigenvalue weighted by molar-refractivity contribution is 9.10. The summed E-state index contributed by atoms with van der Waals surface area (Å²) < 4.78 is 1.01. The molecule has 1 aromatic heterocycles. The van der Waals surface area contributed by atoms with Crippen molar-refractivity contribution in [1.29, 1.82) is 5.26 Å². The van der Waals surface area contributed by atoms with E-state index in [0.29, 0.717) is 11.6 Å². The number of rotatable bonds is 15. The molecule has 2 rings (SSSR count). The highest BCUT2D eigenvalue weighted by Gasteiger charge is 2.25. The third-order valence-electron chi connectivity index (χ3n) is 5.40. The number of nitriles is 1. The number of carbonyl (C=O) groups is 1. The quantitative estimate of drug-likeness (QED) is 0.241.